The number of nitrogens with one attached hydrogen (secondary N) is 1. The van der Waals surface area contributed by atoms with Crippen molar-refractivity contribution in [3.63, 3.8) is 0 Å². The first kappa shape index (κ1) is 20.9. The molecule has 1 N–H and O–H groups in total. The van der Waals surface area contributed by atoms with E-state index in [4.69, 9.17) is 0 Å². The van der Waals surface area contributed by atoms with Crippen LogP contribution >= 0.6 is 11.8 Å². The molecule has 1 aliphatic heterocycles. The molecule has 1 amide bonds. The number of thioether (sulfide) groups is 1. The van der Waals surface area contributed by atoms with Crippen LogP contribution in [0.2, 0.25) is 0 Å². The Morgan fingerprint density at radius 3 is 2.68 bits per heavy atom. The van der Waals surface area contributed by atoms with Crippen LogP contribution in [-0.2, 0) is 33.5 Å². The summed E-state index contributed by atoms with van der Waals surface area (Å²) < 4.78 is 26.2. The van der Waals surface area contributed by atoms with E-state index in [0.717, 1.165) is 22.6 Å². The molecule has 3 rings (SSSR count). The molecule has 0 radical (unpaired) electrons. The number of sulfonamides is 1. The second kappa shape index (κ2) is 9.58. The van der Waals surface area contributed by atoms with Gasteiger partial charge in [-0.2, -0.15) is 4.31 Å². The minimum Gasteiger partial charge on any atom is -0.325 e. The summed E-state index contributed by atoms with van der Waals surface area (Å²) >= 11 is 1.57. The van der Waals surface area contributed by atoms with E-state index in [9.17, 15) is 13.2 Å². The monoisotopic (exact) mass is 418 g/mol. The fraction of sp³-hybridized carbons (Fsp3) is 0.381. The van der Waals surface area contributed by atoms with Crippen molar-refractivity contribution in [3.05, 3.63) is 65.2 Å². The van der Waals surface area contributed by atoms with Crippen molar-refractivity contribution in [3.8, 4) is 0 Å². The lowest BCUT2D eigenvalue weighted by Crippen LogP contribution is -2.37. The maximum absolute atomic E-state index is 12.3. The number of carbonyl (C=O) groups excluding carboxylic acids is 1. The van der Waals surface area contributed by atoms with Crippen molar-refractivity contribution in [2.24, 2.45) is 0 Å². The zero-order valence-corrected chi connectivity index (χ0v) is 17.7. The van der Waals surface area contributed by atoms with Crippen molar-refractivity contribution in [1.82, 2.24) is 4.31 Å². The Kier molecular flexibility index (Phi) is 7.15. The summed E-state index contributed by atoms with van der Waals surface area (Å²) in [6, 6.07) is 15.9. The average Bonchev–Trinajstić information content (AvgIpc) is 2.68. The minimum atomic E-state index is -3.21. The van der Waals surface area contributed by atoms with Crippen molar-refractivity contribution in [2.45, 2.75) is 32.1 Å². The summed E-state index contributed by atoms with van der Waals surface area (Å²) in [5.74, 6) is 1.30. The highest BCUT2D eigenvalue weighted by Gasteiger charge is 2.26. The second-order valence-electron chi connectivity index (χ2n) is 6.91. The van der Waals surface area contributed by atoms with Gasteiger partial charge >= 0.3 is 0 Å². The lowest BCUT2D eigenvalue weighted by Gasteiger charge is -2.28. The van der Waals surface area contributed by atoms with E-state index in [-0.39, 0.29) is 11.7 Å². The summed E-state index contributed by atoms with van der Waals surface area (Å²) in [6.45, 7) is 2.78. The summed E-state index contributed by atoms with van der Waals surface area (Å²) in [5, 5.41) is 2.93. The van der Waals surface area contributed by atoms with Gasteiger partial charge in [0.15, 0.2) is 0 Å². The third-order valence-electron chi connectivity index (χ3n) is 4.67. The van der Waals surface area contributed by atoms with Crippen LogP contribution in [0.15, 0.2) is 48.5 Å². The Hall–Kier alpha value is -1.83. The molecule has 0 spiro atoms. The van der Waals surface area contributed by atoms with Crippen LogP contribution in [0.4, 0.5) is 5.69 Å². The molecule has 0 unspecified atom stereocenters. The van der Waals surface area contributed by atoms with Gasteiger partial charge in [-0.1, -0.05) is 43.3 Å². The Balaban J connectivity index is 1.57. The minimum absolute atomic E-state index is 0.0489. The predicted octanol–water partition coefficient (Wildman–Crippen LogP) is 3.66. The number of hydrogen-bond donors (Lipinski definition) is 1. The van der Waals surface area contributed by atoms with Gasteiger partial charge in [-0.05, 0) is 41.7 Å². The number of fused-ring (bicyclic) bond motifs is 1. The summed E-state index contributed by atoms with van der Waals surface area (Å²) in [5.41, 5.74) is 4.04. The molecule has 2 aromatic carbocycles. The van der Waals surface area contributed by atoms with Gasteiger partial charge in [0.05, 0.1) is 11.5 Å². The Labute approximate surface area is 171 Å². The van der Waals surface area contributed by atoms with Crippen LogP contribution < -0.4 is 5.32 Å². The van der Waals surface area contributed by atoms with Gasteiger partial charge in [-0.15, -0.1) is 11.8 Å². The highest BCUT2D eigenvalue weighted by molar-refractivity contribution is 7.99. The smallest absolute Gasteiger partial charge is 0.234 e. The molecule has 2 aromatic rings. The quantitative estimate of drug-likeness (QED) is 0.711. The maximum atomic E-state index is 12.3. The van der Waals surface area contributed by atoms with E-state index in [1.807, 2.05) is 55.5 Å². The van der Waals surface area contributed by atoms with E-state index in [2.05, 4.69) is 5.32 Å². The van der Waals surface area contributed by atoms with E-state index in [0.29, 0.717) is 31.7 Å². The van der Waals surface area contributed by atoms with E-state index >= 15 is 0 Å². The van der Waals surface area contributed by atoms with Gasteiger partial charge in [0, 0.05) is 24.5 Å². The van der Waals surface area contributed by atoms with Crippen LogP contribution in [0.5, 0.6) is 0 Å². The van der Waals surface area contributed by atoms with Crippen LogP contribution in [-0.4, -0.2) is 36.7 Å². The number of hydrogen-bond acceptors (Lipinski definition) is 4. The van der Waals surface area contributed by atoms with Gasteiger partial charge < -0.3 is 5.32 Å². The Morgan fingerprint density at radius 2 is 1.93 bits per heavy atom. The first-order chi connectivity index (χ1) is 13.5. The molecule has 0 aliphatic carbocycles. The number of carbonyl (C=O) groups is 1. The fourth-order valence-corrected chi connectivity index (χ4v) is 5.53. The molecule has 0 bridgehead atoms. The first-order valence-corrected chi connectivity index (χ1v) is 12.3. The molecule has 0 aromatic heterocycles. The number of nitrogens with zero attached hydrogens (tertiary/aromatic N) is 1. The van der Waals surface area contributed by atoms with E-state index in [1.165, 1.54) is 5.56 Å². The molecule has 0 saturated heterocycles. The van der Waals surface area contributed by atoms with Gasteiger partial charge in [-0.3, -0.25) is 4.79 Å². The lowest BCUT2D eigenvalue weighted by molar-refractivity contribution is -0.113. The summed E-state index contributed by atoms with van der Waals surface area (Å²) in [6.07, 6.45) is 1.32. The third kappa shape index (κ3) is 5.59. The fourth-order valence-electron chi connectivity index (χ4n) is 3.27. The normalized spacial score (nSPS) is 14.5. The van der Waals surface area contributed by atoms with E-state index < -0.39 is 10.0 Å². The number of benzene rings is 2. The molecule has 28 heavy (non-hydrogen) atoms. The van der Waals surface area contributed by atoms with E-state index in [1.54, 1.807) is 16.1 Å². The van der Waals surface area contributed by atoms with Gasteiger partial charge in [0.2, 0.25) is 15.9 Å². The van der Waals surface area contributed by atoms with Crippen LogP contribution in [0.3, 0.4) is 0 Å². The highest BCUT2D eigenvalue weighted by atomic mass is 32.2. The van der Waals surface area contributed by atoms with Gasteiger partial charge in [0.1, 0.15) is 0 Å². The largest absolute Gasteiger partial charge is 0.325 e. The van der Waals surface area contributed by atoms with Crippen molar-refractivity contribution in [1.29, 1.82) is 0 Å². The maximum Gasteiger partial charge on any atom is 0.234 e. The van der Waals surface area contributed by atoms with Crippen LogP contribution in [0.25, 0.3) is 0 Å². The molecule has 1 aliphatic rings. The zero-order valence-electron chi connectivity index (χ0n) is 16.1. The predicted molar refractivity (Wildman–Crippen MR) is 116 cm³/mol. The molecule has 1 heterocycles. The first-order valence-electron chi connectivity index (χ1n) is 9.49. The standard InChI is InChI=1S/C21H26N2O3S2/c1-2-12-28(25,26)23-11-10-18-8-9-20(13-19(18)14-23)22-21(24)16-27-15-17-6-4-3-5-7-17/h3-9,13H,2,10-12,14-16H2,1H3,(H,22,24). The molecule has 5 nitrogen and oxygen atoms in total. The van der Waals surface area contributed by atoms with Crippen LogP contribution in [0, 0.1) is 0 Å². The topological polar surface area (TPSA) is 66.5 Å². The SMILES string of the molecule is CCCS(=O)(=O)N1CCc2ccc(NC(=O)CSCc3ccccc3)cc2C1. The van der Waals surface area contributed by atoms with Crippen LogP contribution in [0.1, 0.15) is 30.0 Å². The molecular formula is C21H26N2O3S2. The van der Waals surface area contributed by atoms with Crippen molar-refractivity contribution in [2.75, 3.05) is 23.4 Å². The highest BCUT2D eigenvalue weighted by Crippen LogP contribution is 2.25. The number of anilines is 1. The van der Waals surface area contributed by atoms with Gasteiger partial charge in [-0.25, -0.2) is 8.42 Å². The summed E-state index contributed by atoms with van der Waals surface area (Å²) in [7, 11) is -3.21. The molecule has 0 saturated carbocycles. The molecule has 7 heteroatoms. The Morgan fingerprint density at radius 1 is 1.14 bits per heavy atom. The number of rotatable bonds is 8. The van der Waals surface area contributed by atoms with Gasteiger partial charge in [0.25, 0.3) is 0 Å². The molecular weight excluding hydrogens is 392 g/mol. The zero-order chi connectivity index (χ0) is 20.0. The van der Waals surface area contributed by atoms with Crippen molar-refractivity contribution < 1.29 is 13.2 Å². The summed E-state index contributed by atoms with van der Waals surface area (Å²) in [4.78, 5) is 12.2. The molecule has 0 fully saturated rings. The third-order valence-corrected chi connectivity index (χ3v) is 7.69. The second-order valence-corrected chi connectivity index (χ2v) is 9.98. The molecule has 0 atom stereocenters. The lowest BCUT2D eigenvalue weighted by atomic mass is 10.0. The Bertz CT molecular complexity index is 915. The number of amides is 1. The van der Waals surface area contributed by atoms with Crippen molar-refractivity contribution >= 4 is 33.4 Å². The average molecular weight is 419 g/mol. The molecule has 150 valence electrons.